The molecule has 6 nitrogen and oxygen atoms in total. The molecule has 0 unspecified atom stereocenters. The van der Waals surface area contributed by atoms with Crippen LogP contribution >= 0.6 is 0 Å². The van der Waals surface area contributed by atoms with Gasteiger partial charge in [-0.3, -0.25) is 4.79 Å². The second-order valence-corrected chi connectivity index (χ2v) is 6.92. The van der Waals surface area contributed by atoms with Crippen LogP contribution in [0, 0.1) is 0 Å². The highest BCUT2D eigenvalue weighted by atomic mass is 16.8. The van der Waals surface area contributed by atoms with E-state index >= 15 is 0 Å². The molecular weight excluding hydrogens is 320 g/mol. The molecule has 1 aromatic carbocycles. The van der Waals surface area contributed by atoms with Gasteiger partial charge in [-0.15, -0.1) is 0 Å². The first-order valence-corrected chi connectivity index (χ1v) is 8.84. The van der Waals surface area contributed by atoms with E-state index in [-0.39, 0.29) is 5.91 Å². The highest BCUT2D eigenvalue weighted by molar-refractivity contribution is 5.83. The lowest BCUT2D eigenvalue weighted by Gasteiger charge is -2.36. The number of benzene rings is 1. The van der Waals surface area contributed by atoms with Crippen molar-refractivity contribution in [1.82, 2.24) is 9.88 Å². The summed E-state index contributed by atoms with van der Waals surface area (Å²) in [6.45, 7) is 1.57. The molecule has 6 heteroatoms. The summed E-state index contributed by atoms with van der Waals surface area (Å²) in [7, 11) is 0. The van der Waals surface area contributed by atoms with E-state index in [4.69, 9.17) is 9.47 Å². The van der Waals surface area contributed by atoms with Crippen molar-refractivity contribution in [1.29, 1.82) is 0 Å². The number of aromatic nitrogens is 1. The first-order chi connectivity index (χ1) is 12.2. The molecule has 1 aromatic heterocycles. The van der Waals surface area contributed by atoms with Gasteiger partial charge in [0.05, 0.1) is 0 Å². The Labute approximate surface area is 146 Å². The zero-order valence-electron chi connectivity index (χ0n) is 14.1. The Kier molecular flexibility index (Phi) is 4.11. The molecule has 1 amide bonds. The third kappa shape index (κ3) is 3.21. The minimum Gasteiger partial charge on any atom is -0.430 e. The second kappa shape index (κ2) is 6.43. The van der Waals surface area contributed by atoms with Crippen LogP contribution in [0.1, 0.15) is 31.2 Å². The molecule has 0 bridgehead atoms. The molecule has 1 N–H and O–H groups in total. The van der Waals surface area contributed by atoms with Crippen molar-refractivity contribution < 1.29 is 19.1 Å². The monoisotopic (exact) mass is 342 g/mol. The number of fused-ring (bicyclic) bond motifs is 1. The maximum Gasteiger partial charge on any atom is 0.509 e. The molecular formula is C19H22N2O4. The molecule has 132 valence electrons. The van der Waals surface area contributed by atoms with Gasteiger partial charge in [-0.2, -0.15) is 0 Å². The van der Waals surface area contributed by atoms with Crippen molar-refractivity contribution in [2.45, 2.75) is 37.7 Å². The molecule has 2 aromatic rings. The van der Waals surface area contributed by atoms with E-state index < -0.39 is 11.8 Å². The van der Waals surface area contributed by atoms with E-state index in [1.54, 1.807) is 0 Å². The fraction of sp³-hybridized carbons (Fsp3) is 0.474. The molecule has 1 spiro atoms. The molecule has 3 heterocycles. The van der Waals surface area contributed by atoms with Gasteiger partial charge in [0.25, 0.3) is 0 Å². The molecule has 0 saturated carbocycles. The largest absolute Gasteiger partial charge is 0.509 e. The SMILES string of the molecule is O=C1OCC2(CCN(C(=O)CCCc3c[nH]c4ccccc34)CC2)O1. The Balaban J connectivity index is 1.26. The average molecular weight is 342 g/mol. The minimum atomic E-state index is -0.585. The Morgan fingerprint density at radius 1 is 1.24 bits per heavy atom. The van der Waals surface area contributed by atoms with Crippen LogP contribution in [0.5, 0.6) is 0 Å². The number of aryl methyl sites for hydroxylation is 1. The molecule has 25 heavy (non-hydrogen) atoms. The van der Waals surface area contributed by atoms with Gasteiger partial charge >= 0.3 is 6.16 Å². The average Bonchev–Trinajstić information content (AvgIpc) is 3.20. The lowest BCUT2D eigenvalue weighted by Crippen LogP contribution is -2.48. The Hall–Kier alpha value is -2.50. The Morgan fingerprint density at radius 2 is 2.04 bits per heavy atom. The van der Waals surface area contributed by atoms with E-state index in [9.17, 15) is 9.59 Å². The first kappa shape index (κ1) is 16.0. The van der Waals surface area contributed by atoms with Crippen LogP contribution in [-0.2, 0) is 20.7 Å². The maximum absolute atomic E-state index is 12.4. The number of hydrogen-bond acceptors (Lipinski definition) is 4. The number of piperidine rings is 1. The molecule has 2 fully saturated rings. The number of aromatic amines is 1. The standard InChI is InChI=1S/C19H22N2O4/c22-17(21-10-8-19(9-11-21)13-24-18(23)25-19)7-3-4-14-12-20-16-6-2-1-5-15(14)16/h1-2,5-6,12,20H,3-4,7-11,13H2. The fourth-order valence-corrected chi connectivity index (χ4v) is 3.76. The van der Waals surface area contributed by atoms with Gasteiger partial charge in [-0.1, -0.05) is 18.2 Å². The summed E-state index contributed by atoms with van der Waals surface area (Å²) in [6.07, 6.45) is 5.04. The third-order valence-corrected chi connectivity index (χ3v) is 5.29. The number of ether oxygens (including phenoxy) is 2. The molecule has 2 aliphatic heterocycles. The van der Waals surface area contributed by atoms with Crippen molar-refractivity contribution in [2.24, 2.45) is 0 Å². The fourth-order valence-electron chi connectivity index (χ4n) is 3.76. The molecule has 2 aliphatic rings. The minimum absolute atomic E-state index is 0.180. The quantitative estimate of drug-likeness (QED) is 0.867. The van der Waals surface area contributed by atoms with Crippen LogP contribution in [-0.4, -0.2) is 47.2 Å². The van der Waals surface area contributed by atoms with Crippen molar-refractivity contribution >= 4 is 23.0 Å². The number of likely N-dealkylation sites (tertiary alicyclic amines) is 1. The summed E-state index contributed by atoms with van der Waals surface area (Å²) >= 11 is 0. The van der Waals surface area contributed by atoms with E-state index in [1.807, 2.05) is 23.2 Å². The van der Waals surface area contributed by atoms with E-state index in [0.717, 1.165) is 18.4 Å². The van der Waals surface area contributed by atoms with Crippen LogP contribution in [0.15, 0.2) is 30.5 Å². The van der Waals surface area contributed by atoms with Crippen LogP contribution in [0.25, 0.3) is 10.9 Å². The summed E-state index contributed by atoms with van der Waals surface area (Å²) < 4.78 is 10.2. The number of cyclic esters (lactones) is 1. The smallest absolute Gasteiger partial charge is 0.430 e. The van der Waals surface area contributed by atoms with Crippen LogP contribution < -0.4 is 0 Å². The second-order valence-electron chi connectivity index (χ2n) is 6.92. The summed E-state index contributed by atoms with van der Waals surface area (Å²) in [5.41, 5.74) is 1.90. The van der Waals surface area contributed by atoms with Gasteiger partial charge in [0.2, 0.25) is 5.91 Å². The van der Waals surface area contributed by atoms with E-state index in [0.29, 0.717) is 39.0 Å². The number of amides is 1. The number of H-pyrrole nitrogens is 1. The molecule has 4 rings (SSSR count). The molecule has 0 radical (unpaired) electrons. The zero-order chi connectivity index (χ0) is 17.3. The maximum atomic E-state index is 12.4. The molecule has 2 saturated heterocycles. The highest BCUT2D eigenvalue weighted by Gasteiger charge is 2.45. The third-order valence-electron chi connectivity index (χ3n) is 5.29. The van der Waals surface area contributed by atoms with E-state index in [2.05, 4.69) is 17.1 Å². The predicted molar refractivity (Wildman–Crippen MR) is 92.2 cm³/mol. The lowest BCUT2D eigenvalue weighted by molar-refractivity contribution is -0.134. The van der Waals surface area contributed by atoms with Crippen molar-refractivity contribution in [3.8, 4) is 0 Å². The van der Waals surface area contributed by atoms with Crippen molar-refractivity contribution in [3.05, 3.63) is 36.0 Å². The summed E-state index contributed by atoms with van der Waals surface area (Å²) in [4.78, 5) is 28.7. The first-order valence-electron chi connectivity index (χ1n) is 8.84. The summed E-state index contributed by atoms with van der Waals surface area (Å²) in [5, 5.41) is 1.23. The number of nitrogens with one attached hydrogen (secondary N) is 1. The van der Waals surface area contributed by atoms with Gasteiger partial charge in [0, 0.05) is 49.5 Å². The predicted octanol–water partition coefficient (Wildman–Crippen LogP) is 3.02. The summed E-state index contributed by atoms with van der Waals surface area (Å²) in [5.74, 6) is 0.180. The number of carbonyl (C=O) groups is 2. The van der Waals surface area contributed by atoms with Gasteiger partial charge in [-0.25, -0.2) is 4.79 Å². The van der Waals surface area contributed by atoms with Gasteiger partial charge in [-0.05, 0) is 24.5 Å². The van der Waals surface area contributed by atoms with Gasteiger partial charge in [0.15, 0.2) is 5.60 Å². The summed E-state index contributed by atoms with van der Waals surface area (Å²) in [6, 6.07) is 8.22. The number of hydrogen-bond donors (Lipinski definition) is 1. The van der Waals surface area contributed by atoms with Crippen LogP contribution in [0.3, 0.4) is 0 Å². The lowest BCUT2D eigenvalue weighted by atomic mass is 9.92. The number of nitrogens with zero attached hydrogens (tertiary/aromatic N) is 1. The van der Waals surface area contributed by atoms with Crippen LogP contribution in [0.4, 0.5) is 4.79 Å². The molecule has 0 atom stereocenters. The van der Waals surface area contributed by atoms with E-state index in [1.165, 1.54) is 10.9 Å². The van der Waals surface area contributed by atoms with Gasteiger partial charge in [0.1, 0.15) is 6.61 Å². The number of carbonyl (C=O) groups excluding carboxylic acids is 2. The molecule has 0 aliphatic carbocycles. The highest BCUT2D eigenvalue weighted by Crippen LogP contribution is 2.32. The van der Waals surface area contributed by atoms with Gasteiger partial charge < -0.3 is 19.4 Å². The van der Waals surface area contributed by atoms with Crippen LogP contribution in [0.2, 0.25) is 0 Å². The normalized spacial score (nSPS) is 19.2. The zero-order valence-corrected chi connectivity index (χ0v) is 14.1. The topological polar surface area (TPSA) is 71.6 Å². The Morgan fingerprint density at radius 3 is 2.80 bits per heavy atom. The number of para-hydroxylation sites is 1. The van der Waals surface area contributed by atoms with Crippen molar-refractivity contribution in [2.75, 3.05) is 19.7 Å². The number of rotatable bonds is 4. The van der Waals surface area contributed by atoms with Crippen molar-refractivity contribution in [3.63, 3.8) is 0 Å². The Bertz CT molecular complexity index is 790.